The highest BCUT2D eigenvalue weighted by Crippen LogP contribution is 2.48. The van der Waals surface area contributed by atoms with Crippen LogP contribution < -0.4 is 10.4 Å². The summed E-state index contributed by atoms with van der Waals surface area (Å²) in [6.45, 7) is 2.90. The van der Waals surface area contributed by atoms with Crippen LogP contribution in [0.2, 0.25) is 0 Å². The predicted octanol–water partition coefficient (Wildman–Crippen LogP) is 5.45. The van der Waals surface area contributed by atoms with Crippen LogP contribution in [0.3, 0.4) is 0 Å². The second-order valence-corrected chi connectivity index (χ2v) is 12.7. The lowest BCUT2D eigenvalue weighted by Crippen LogP contribution is -2.39. The topological polar surface area (TPSA) is 52.6 Å². The van der Waals surface area contributed by atoms with E-state index in [0.29, 0.717) is 31.4 Å². The lowest BCUT2D eigenvalue weighted by molar-refractivity contribution is 0.356. The third-order valence-corrected chi connectivity index (χ3v) is 10.5. The summed E-state index contributed by atoms with van der Waals surface area (Å²) in [6, 6.07) is 13.0. The van der Waals surface area contributed by atoms with Crippen molar-refractivity contribution in [1.82, 2.24) is 9.73 Å². The standard InChI is InChI=1S/C29H31F2N3O2S/c1-19-26-17-32-34(24-10-8-23(30)9-11-24)28(26)16-21-6-7-22(29(19)21)18-33(37(35,36)25-12-13-25)15-14-20-4-2-3-5-27(20)31/h2-5,8-11,16-17,19,22,25,32H,6-7,12-15,18H2,1H3/t19-,22+/m0/s1. The molecule has 2 atom stereocenters. The van der Waals surface area contributed by atoms with Crippen molar-refractivity contribution in [3.05, 3.63) is 100 Å². The minimum absolute atomic E-state index is 0.123. The van der Waals surface area contributed by atoms with Gasteiger partial charge in [0.05, 0.1) is 16.6 Å². The summed E-state index contributed by atoms with van der Waals surface area (Å²) >= 11 is 0. The molecule has 37 heavy (non-hydrogen) atoms. The zero-order valence-corrected chi connectivity index (χ0v) is 21.6. The van der Waals surface area contributed by atoms with Crippen molar-refractivity contribution in [2.75, 3.05) is 18.1 Å². The molecule has 0 aromatic heterocycles. The largest absolute Gasteiger partial charge is 0.301 e. The van der Waals surface area contributed by atoms with Crippen molar-refractivity contribution in [1.29, 1.82) is 0 Å². The molecule has 4 aliphatic rings. The molecule has 2 aromatic rings. The quantitative estimate of drug-likeness (QED) is 0.500. The first-order valence-electron chi connectivity index (χ1n) is 13.0. The van der Waals surface area contributed by atoms with E-state index in [9.17, 15) is 17.2 Å². The van der Waals surface area contributed by atoms with Crippen LogP contribution >= 0.6 is 0 Å². The molecule has 1 aliphatic heterocycles. The van der Waals surface area contributed by atoms with Crippen molar-refractivity contribution in [2.24, 2.45) is 11.8 Å². The Morgan fingerprint density at radius 1 is 1.05 bits per heavy atom. The summed E-state index contributed by atoms with van der Waals surface area (Å²) < 4.78 is 56.1. The first kappa shape index (κ1) is 24.4. The van der Waals surface area contributed by atoms with Crippen molar-refractivity contribution in [3.63, 3.8) is 0 Å². The van der Waals surface area contributed by atoms with E-state index in [0.717, 1.165) is 29.8 Å². The lowest BCUT2D eigenvalue weighted by Gasteiger charge is -2.32. The molecule has 0 saturated heterocycles. The number of sulfonamides is 1. The van der Waals surface area contributed by atoms with E-state index in [2.05, 4.69) is 18.4 Å². The van der Waals surface area contributed by atoms with E-state index in [1.54, 1.807) is 34.6 Å². The van der Waals surface area contributed by atoms with Gasteiger partial charge in [0.15, 0.2) is 0 Å². The fourth-order valence-electron chi connectivity index (χ4n) is 6.00. The first-order chi connectivity index (χ1) is 17.8. The molecular weight excluding hydrogens is 492 g/mol. The highest BCUT2D eigenvalue weighted by atomic mass is 32.2. The van der Waals surface area contributed by atoms with E-state index in [-0.39, 0.29) is 35.3 Å². The van der Waals surface area contributed by atoms with Crippen LogP contribution in [-0.2, 0) is 16.4 Å². The SMILES string of the molecule is C[C@H]1C2=CNN(c3ccc(F)cc3)C2=CC2=C1[C@@H](CN(CCc1ccccc1F)S(=O)(=O)C1CC1)CC2. The summed E-state index contributed by atoms with van der Waals surface area (Å²) in [7, 11) is -3.41. The zero-order chi connectivity index (χ0) is 25.7. The number of hydrogen-bond donors (Lipinski definition) is 1. The number of halogens is 2. The Balaban J connectivity index is 1.25. The first-order valence-corrected chi connectivity index (χ1v) is 14.5. The van der Waals surface area contributed by atoms with Crippen molar-refractivity contribution in [2.45, 2.75) is 44.3 Å². The molecule has 0 radical (unpaired) electrons. The van der Waals surface area contributed by atoms with Gasteiger partial charge >= 0.3 is 0 Å². The number of hydrogen-bond acceptors (Lipinski definition) is 4. The average molecular weight is 524 g/mol. The van der Waals surface area contributed by atoms with Crippen LogP contribution in [0.25, 0.3) is 0 Å². The van der Waals surface area contributed by atoms with Gasteiger partial charge in [0.1, 0.15) is 11.6 Å². The minimum atomic E-state index is -3.41. The molecule has 3 aliphatic carbocycles. The smallest absolute Gasteiger partial charge is 0.217 e. The number of anilines is 1. The van der Waals surface area contributed by atoms with Gasteiger partial charge < -0.3 is 5.43 Å². The van der Waals surface area contributed by atoms with E-state index >= 15 is 0 Å². The third kappa shape index (κ3) is 4.50. The molecule has 0 amide bonds. The van der Waals surface area contributed by atoms with E-state index in [1.165, 1.54) is 29.3 Å². The number of fused-ring (bicyclic) bond motifs is 1. The molecule has 1 N–H and O–H groups in total. The Hall–Kier alpha value is -2.97. The van der Waals surface area contributed by atoms with Crippen molar-refractivity contribution < 1.29 is 17.2 Å². The van der Waals surface area contributed by atoms with Gasteiger partial charge in [-0.15, -0.1) is 0 Å². The number of nitrogens with one attached hydrogen (secondary N) is 1. The van der Waals surface area contributed by atoms with Crippen LogP contribution in [0.1, 0.15) is 38.2 Å². The Labute approximate surface area is 217 Å². The minimum Gasteiger partial charge on any atom is -0.301 e. The molecule has 8 heteroatoms. The summed E-state index contributed by atoms with van der Waals surface area (Å²) in [4.78, 5) is 0. The molecule has 6 rings (SSSR count). The van der Waals surface area contributed by atoms with Crippen LogP contribution in [0.5, 0.6) is 0 Å². The summed E-state index contributed by atoms with van der Waals surface area (Å²) in [6.07, 6.45) is 7.75. The molecule has 0 bridgehead atoms. The number of hydrazine groups is 1. The summed E-state index contributed by atoms with van der Waals surface area (Å²) in [5.74, 6) is -0.302. The van der Waals surface area contributed by atoms with Gasteiger partial charge in [-0.25, -0.2) is 21.5 Å². The number of benzene rings is 2. The summed E-state index contributed by atoms with van der Waals surface area (Å²) in [5.41, 5.74) is 9.50. The predicted molar refractivity (Wildman–Crippen MR) is 141 cm³/mol. The van der Waals surface area contributed by atoms with Crippen LogP contribution in [0.15, 0.2) is 83.2 Å². The molecular formula is C29H31F2N3O2S. The summed E-state index contributed by atoms with van der Waals surface area (Å²) in [5, 5.41) is 1.67. The molecule has 0 spiro atoms. The second-order valence-electron chi connectivity index (χ2n) is 10.5. The van der Waals surface area contributed by atoms with Crippen LogP contribution in [-0.4, -0.2) is 31.1 Å². The number of rotatable bonds is 8. The Kier molecular flexibility index (Phi) is 6.19. The maximum absolute atomic E-state index is 14.3. The highest BCUT2D eigenvalue weighted by Gasteiger charge is 2.43. The molecule has 5 nitrogen and oxygen atoms in total. The third-order valence-electron chi connectivity index (χ3n) is 8.11. The second kappa shape index (κ2) is 9.40. The van der Waals surface area contributed by atoms with Gasteiger partial charge in [0.25, 0.3) is 0 Å². The van der Waals surface area contributed by atoms with Gasteiger partial charge in [-0.3, -0.25) is 5.01 Å². The molecule has 1 saturated carbocycles. The normalized spacial score (nSPS) is 23.1. The number of allylic oxidation sites excluding steroid dienone is 3. The Morgan fingerprint density at radius 3 is 2.54 bits per heavy atom. The molecule has 2 aromatic carbocycles. The monoisotopic (exact) mass is 523 g/mol. The van der Waals surface area contributed by atoms with Crippen molar-refractivity contribution in [3.8, 4) is 0 Å². The van der Waals surface area contributed by atoms with Gasteiger partial charge in [-0.2, -0.15) is 0 Å². The van der Waals surface area contributed by atoms with E-state index < -0.39 is 10.0 Å². The van der Waals surface area contributed by atoms with Gasteiger partial charge in [0.2, 0.25) is 10.0 Å². The van der Waals surface area contributed by atoms with Crippen molar-refractivity contribution >= 4 is 15.7 Å². The zero-order valence-electron chi connectivity index (χ0n) is 20.8. The van der Waals surface area contributed by atoms with Gasteiger partial charge in [-0.05, 0) is 85.6 Å². The Morgan fingerprint density at radius 2 is 1.81 bits per heavy atom. The fourth-order valence-corrected chi connectivity index (χ4v) is 7.88. The molecule has 1 fully saturated rings. The Bertz CT molecular complexity index is 1410. The van der Waals surface area contributed by atoms with E-state index in [1.807, 2.05) is 11.2 Å². The van der Waals surface area contributed by atoms with E-state index in [4.69, 9.17) is 0 Å². The highest BCUT2D eigenvalue weighted by molar-refractivity contribution is 7.90. The fraction of sp³-hybridized carbons (Fsp3) is 0.379. The van der Waals surface area contributed by atoms with Gasteiger partial charge in [-0.1, -0.05) is 30.7 Å². The molecule has 0 unspecified atom stereocenters. The number of nitrogens with zero attached hydrogens (tertiary/aromatic N) is 2. The lowest BCUT2D eigenvalue weighted by atomic mass is 9.80. The molecule has 1 heterocycles. The van der Waals surface area contributed by atoms with Crippen LogP contribution in [0.4, 0.5) is 14.5 Å². The maximum atomic E-state index is 14.3. The average Bonchev–Trinajstić information content (AvgIpc) is 3.55. The van der Waals surface area contributed by atoms with Crippen LogP contribution in [0, 0.1) is 23.5 Å². The maximum Gasteiger partial charge on any atom is 0.217 e. The van der Waals surface area contributed by atoms with Gasteiger partial charge in [0, 0.05) is 30.8 Å². The molecule has 194 valence electrons.